The quantitative estimate of drug-likeness (QED) is 0.650. The summed E-state index contributed by atoms with van der Waals surface area (Å²) in [6.07, 6.45) is 7.36. The molecule has 0 unspecified atom stereocenters. The molecule has 2 aromatic rings. The molecule has 1 saturated carbocycles. The van der Waals surface area contributed by atoms with E-state index in [1.165, 1.54) is 12.0 Å². The van der Waals surface area contributed by atoms with Crippen LogP contribution in [0.25, 0.3) is 0 Å². The number of hydrogen-bond acceptors (Lipinski definition) is 3. The van der Waals surface area contributed by atoms with Gasteiger partial charge in [0.2, 0.25) is 0 Å². The molecule has 0 saturated heterocycles. The van der Waals surface area contributed by atoms with Gasteiger partial charge >= 0.3 is 0 Å². The van der Waals surface area contributed by atoms with Crippen LogP contribution in [-0.2, 0) is 11.3 Å². The number of para-hydroxylation sites is 1. The Morgan fingerprint density at radius 3 is 2.50 bits per heavy atom. The average molecular weight is 346 g/mol. The Balaban J connectivity index is 1.61. The first kappa shape index (κ1) is 18.1. The van der Waals surface area contributed by atoms with Gasteiger partial charge in [-0.25, -0.2) is 0 Å². The van der Waals surface area contributed by atoms with E-state index in [1.807, 2.05) is 49.7 Å². The number of ether oxygens (including phenoxy) is 1. The molecule has 0 amide bonds. The van der Waals surface area contributed by atoms with Crippen LogP contribution in [0.15, 0.2) is 73.0 Å². The summed E-state index contributed by atoms with van der Waals surface area (Å²) in [7, 11) is 2.02. The number of rotatable bonds is 7. The van der Waals surface area contributed by atoms with E-state index in [0.29, 0.717) is 18.4 Å². The minimum atomic E-state index is -0.122. The lowest BCUT2D eigenvalue weighted by molar-refractivity contribution is 0.232. The van der Waals surface area contributed by atoms with Gasteiger partial charge in [0.1, 0.15) is 12.6 Å². The fourth-order valence-electron chi connectivity index (χ4n) is 3.82. The van der Waals surface area contributed by atoms with Crippen molar-refractivity contribution in [1.29, 1.82) is 5.26 Å². The summed E-state index contributed by atoms with van der Waals surface area (Å²) in [6.45, 7) is 0.584. The SMILES string of the molecule is CN(c1ccccc1)[C@@H](C#N)[C@@H]1CCC[C@H]1/C=C/OCc1ccccc1. The van der Waals surface area contributed by atoms with Crippen LogP contribution in [-0.4, -0.2) is 13.1 Å². The minimum Gasteiger partial charge on any atom is -0.497 e. The molecule has 1 aliphatic rings. The van der Waals surface area contributed by atoms with Crippen molar-refractivity contribution < 1.29 is 4.74 Å². The summed E-state index contributed by atoms with van der Waals surface area (Å²) in [5, 5.41) is 9.81. The van der Waals surface area contributed by atoms with E-state index < -0.39 is 0 Å². The topological polar surface area (TPSA) is 36.3 Å². The molecule has 3 heteroatoms. The van der Waals surface area contributed by atoms with Gasteiger partial charge < -0.3 is 9.64 Å². The molecule has 0 aromatic heterocycles. The molecule has 3 rings (SSSR count). The van der Waals surface area contributed by atoms with E-state index in [2.05, 4.69) is 41.3 Å². The van der Waals surface area contributed by atoms with Crippen LogP contribution >= 0.6 is 0 Å². The van der Waals surface area contributed by atoms with E-state index >= 15 is 0 Å². The van der Waals surface area contributed by atoms with Gasteiger partial charge in [-0.2, -0.15) is 5.26 Å². The van der Waals surface area contributed by atoms with Crippen LogP contribution < -0.4 is 4.90 Å². The third kappa shape index (κ3) is 4.46. The summed E-state index contributed by atoms with van der Waals surface area (Å²) in [4.78, 5) is 2.11. The van der Waals surface area contributed by atoms with Gasteiger partial charge in [0.05, 0.1) is 12.3 Å². The maximum absolute atomic E-state index is 9.81. The molecule has 2 aromatic carbocycles. The normalized spacial score (nSPS) is 20.6. The number of allylic oxidation sites excluding steroid dienone is 1. The van der Waals surface area contributed by atoms with Crippen LogP contribution in [0.3, 0.4) is 0 Å². The number of hydrogen-bond donors (Lipinski definition) is 0. The highest BCUT2D eigenvalue weighted by molar-refractivity contribution is 5.48. The summed E-state index contributed by atoms with van der Waals surface area (Å²) >= 11 is 0. The van der Waals surface area contributed by atoms with Gasteiger partial charge in [-0.1, -0.05) is 55.0 Å². The zero-order valence-corrected chi connectivity index (χ0v) is 15.3. The number of nitrogens with zero attached hydrogens (tertiary/aromatic N) is 2. The lowest BCUT2D eigenvalue weighted by Crippen LogP contribution is -2.38. The third-order valence-corrected chi connectivity index (χ3v) is 5.26. The average Bonchev–Trinajstić information content (AvgIpc) is 3.15. The fraction of sp³-hybridized carbons (Fsp3) is 0.348. The molecule has 0 N–H and O–H groups in total. The lowest BCUT2D eigenvalue weighted by Gasteiger charge is -2.31. The van der Waals surface area contributed by atoms with Crippen LogP contribution in [0.2, 0.25) is 0 Å². The highest BCUT2D eigenvalue weighted by atomic mass is 16.5. The number of anilines is 1. The number of nitriles is 1. The van der Waals surface area contributed by atoms with E-state index in [-0.39, 0.29) is 6.04 Å². The van der Waals surface area contributed by atoms with Gasteiger partial charge in [0, 0.05) is 12.7 Å². The molecule has 3 atom stereocenters. The molecule has 3 nitrogen and oxygen atoms in total. The summed E-state index contributed by atoms with van der Waals surface area (Å²) in [6, 6.07) is 22.8. The van der Waals surface area contributed by atoms with Crippen molar-refractivity contribution in [2.75, 3.05) is 11.9 Å². The van der Waals surface area contributed by atoms with Gasteiger partial charge in [-0.15, -0.1) is 0 Å². The third-order valence-electron chi connectivity index (χ3n) is 5.26. The molecular weight excluding hydrogens is 320 g/mol. The molecule has 0 radical (unpaired) electrons. The second kappa shape index (κ2) is 9.10. The van der Waals surface area contributed by atoms with Crippen molar-refractivity contribution in [3.63, 3.8) is 0 Å². The van der Waals surface area contributed by atoms with Crippen LogP contribution in [0.4, 0.5) is 5.69 Å². The maximum Gasteiger partial charge on any atom is 0.120 e. The fourth-order valence-corrected chi connectivity index (χ4v) is 3.82. The second-order valence-corrected chi connectivity index (χ2v) is 6.90. The second-order valence-electron chi connectivity index (χ2n) is 6.90. The van der Waals surface area contributed by atoms with Crippen molar-refractivity contribution >= 4 is 5.69 Å². The zero-order valence-electron chi connectivity index (χ0n) is 15.3. The van der Waals surface area contributed by atoms with Gasteiger partial charge in [0.15, 0.2) is 0 Å². The first-order valence-corrected chi connectivity index (χ1v) is 9.29. The molecule has 1 aliphatic carbocycles. The standard InChI is InChI=1S/C23H26N2O/c1-25(21-12-6-3-7-13-21)23(17-24)22-14-8-11-20(22)15-16-26-18-19-9-4-2-5-10-19/h2-7,9-10,12-13,15-16,20,22-23H,8,11,14,18H2,1H3/b16-15+/t20-,22+,23-/m0/s1. The molecule has 1 fully saturated rings. The molecule has 0 heterocycles. The Morgan fingerprint density at radius 1 is 1.12 bits per heavy atom. The predicted molar refractivity (Wildman–Crippen MR) is 105 cm³/mol. The van der Waals surface area contributed by atoms with Gasteiger partial charge in [0.25, 0.3) is 0 Å². The van der Waals surface area contributed by atoms with Crippen LogP contribution in [0.5, 0.6) is 0 Å². The van der Waals surface area contributed by atoms with Crippen LogP contribution in [0.1, 0.15) is 24.8 Å². The minimum absolute atomic E-state index is 0.122. The van der Waals surface area contributed by atoms with Gasteiger partial charge in [-0.3, -0.25) is 0 Å². The number of benzene rings is 2. The highest BCUT2D eigenvalue weighted by Gasteiger charge is 2.34. The van der Waals surface area contributed by atoms with Gasteiger partial charge in [-0.05, 0) is 48.4 Å². The van der Waals surface area contributed by atoms with E-state index in [4.69, 9.17) is 4.74 Å². The molecule has 134 valence electrons. The zero-order chi connectivity index (χ0) is 18.2. The van der Waals surface area contributed by atoms with Crippen molar-refractivity contribution in [2.45, 2.75) is 31.9 Å². The molecular formula is C23H26N2O. The first-order valence-electron chi connectivity index (χ1n) is 9.29. The Morgan fingerprint density at radius 2 is 1.81 bits per heavy atom. The lowest BCUT2D eigenvalue weighted by atomic mass is 9.88. The Hall–Kier alpha value is -2.73. The van der Waals surface area contributed by atoms with E-state index in [1.54, 1.807) is 0 Å². The molecule has 0 bridgehead atoms. The molecule has 26 heavy (non-hydrogen) atoms. The summed E-state index contributed by atoms with van der Waals surface area (Å²) < 4.78 is 5.71. The van der Waals surface area contributed by atoms with Crippen molar-refractivity contribution in [3.8, 4) is 6.07 Å². The smallest absolute Gasteiger partial charge is 0.120 e. The maximum atomic E-state index is 9.81. The first-order chi connectivity index (χ1) is 12.8. The van der Waals surface area contributed by atoms with E-state index in [0.717, 1.165) is 18.5 Å². The summed E-state index contributed by atoms with van der Waals surface area (Å²) in [5.41, 5.74) is 2.26. The molecule has 0 aliphatic heterocycles. The Bertz CT molecular complexity index is 736. The van der Waals surface area contributed by atoms with Crippen molar-refractivity contribution in [3.05, 3.63) is 78.6 Å². The predicted octanol–water partition coefficient (Wildman–Crippen LogP) is 5.16. The summed E-state index contributed by atoms with van der Waals surface area (Å²) in [5.74, 6) is 0.725. The largest absolute Gasteiger partial charge is 0.497 e. The molecule has 0 spiro atoms. The van der Waals surface area contributed by atoms with Crippen molar-refractivity contribution in [2.24, 2.45) is 11.8 Å². The van der Waals surface area contributed by atoms with Crippen molar-refractivity contribution in [1.82, 2.24) is 0 Å². The van der Waals surface area contributed by atoms with Crippen LogP contribution in [0, 0.1) is 23.2 Å². The Kier molecular flexibility index (Phi) is 6.33. The van der Waals surface area contributed by atoms with E-state index in [9.17, 15) is 5.26 Å². The highest BCUT2D eigenvalue weighted by Crippen LogP contribution is 2.37. The monoisotopic (exact) mass is 346 g/mol. The Labute approximate surface area is 156 Å².